The molecule has 1 unspecified atom stereocenters. The Kier molecular flexibility index (Phi) is 9.37. The molecule has 0 heterocycles. The number of hydrogen-bond acceptors (Lipinski definition) is 4. The molecule has 0 saturated carbocycles. The van der Waals surface area contributed by atoms with Crippen LogP contribution in [0.2, 0.25) is 10.0 Å². The summed E-state index contributed by atoms with van der Waals surface area (Å²) in [6.07, 6.45) is 0.347. The van der Waals surface area contributed by atoms with Gasteiger partial charge in [-0.2, -0.15) is 0 Å². The van der Waals surface area contributed by atoms with E-state index in [1.807, 2.05) is 30.3 Å². The Morgan fingerprint density at radius 3 is 2.17 bits per heavy atom. The molecule has 3 rings (SSSR count). The molecule has 0 aromatic heterocycles. The molecule has 1 N–H and O–H groups in total. The quantitative estimate of drug-likeness (QED) is 0.397. The number of nitrogens with one attached hydrogen (secondary N) is 1. The van der Waals surface area contributed by atoms with Crippen LogP contribution in [-0.4, -0.2) is 44.8 Å². The maximum Gasteiger partial charge on any atom is 0.264 e. The van der Waals surface area contributed by atoms with Gasteiger partial charge >= 0.3 is 0 Å². The average molecular weight is 548 g/mol. The van der Waals surface area contributed by atoms with Crippen LogP contribution in [0.5, 0.6) is 0 Å². The van der Waals surface area contributed by atoms with Crippen LogP contribution in [0.15, 0.2) is 83.8 Å². The van der Waals surface area contributed by atoms with Crippen LogP contribution in [0, 0.1) is 0 Å². The lowest BCUT2D eigenvalue weighted by molar-refractivity contribution is -0.140. The fourth-order valence-corrected chi connectivity index (χ4v) is 5.48. The number of nitrogens with zero attached hydrogens (tertiary/aromatic N) is 2. The number of benzene rings is 3. The molecule has 7 nitrogen and oxygen atoms in total. The molecule has 36 heavy (non-hydrogen) atoms. The normalized spacial score (nSPS) is 12.0. The Balaban J connectivity index is 2.05. The topological polar surface area (TPSA) is 86.8 Å². The number of sulfonamides is 1. The van der Waals surface area contributed by atoms with E-state index < -0.39 is 28.5 Å². The van der Waals surface area contributed by atoms with Crippen LogP contribution in [0.4, 0.5) is 5.69 Å². The zero-order valence-corrected chi connectivity index (χ0v) is 22.2. The van der Waals surface area contributed by atoms with Crippen molar-refractivity contribution in [2.45, 2.75) is 30.8 Å². The maximum atomic E-state index is 13.8. The van der Waals surface area contributed by atoms with E-state index in [1.165, 1.54) is 42.3 Å². The first kappa shape index (κ1) is 27.5. The van der Waals surface area contributed by atoms with Crippen LogP contribution in [-0.2, 0) is 26.2 Å². The smallest absolute Gasteiger partial charge is 0.264 e. The lowest BCUT2D eigenvalue weighted by Crippen LogP contribution is -2.51. The fraction of sp³-hybridized carbons (Fsp3) is 0.231. The highest BCUT2D eigenvalue weighted by Crippen LogP contribution is 2.27. The second-order valence-corrected chi connectivity index (χ2v) is 10.7. The molecule has 0 fully saturated rings. The molecule has 0 saturated heterocycles. The Morgan fingerprint density at radius 1 is 0.917 bits per heavy atom. The standard InChI is InChI=1S/C26H27Cl2N3O4S/c1-3-24(26(33)29-2)30(17-19-8-5-4-6-9-19)25(32)18-31(22-11-7-10-21(28)16-22)36(34,35)23-14-12-20(27)13-15-23/h4-16,24H,3,17-18H2,1-2H3,(H,29,33). The molecule has 0 spiro atoms. The first-order valence-corrected chi connectivity index (χ1v) is 13.5. The van der Waals surface area contributed by atoms with Crippen LogP contribution < -0.4 is 9.62 Å². The van der Waals surface area contributed by atoms with Gasteiger partial charge < -0.3 is 10.2 Å². The third-order valence-electron chi connectivity index (χ3n) is 5.60. The van der Waals surface area contributed by atoms with Gasteiger partial charge in [-0.25, -0.2) is 8.42 Å². The lowest BCUT2D eigenvalue weighted by Gasteiger charge is -2.33. The molecule has 0 bridgehead atoms. The average Bonchev–Trinajstić information content (AvgIpc) is 2.87. The van der Waals surface area contributed by atoms with E-state index in [0.29, 0.717) is 16.5 Å². The molecule has 3 aromatic rings. The van der Waals surface area contributed by atoms with Crippen molar-refractivity contribution < 1.29 is 18.0 Å². The highest BCUT2D eigenvalue weighted by molar-refractivity contribution is 7.92. The summed E-state index contributed by atoms with van der Waals surface area (Å²) in [5.74, 6) is -0.872. The molecular formula is C26H27Cl2N3O4S. The highest BCUT2D eigenvalue weighted by Gasteiger charge is 2.33. The SMILES string of the molecule is CCC(C(=O)NC)N(Cc1ccccc1)C(=O)CN(c1cccc(Cl)c1)S(=O)(=O)c1ccc(Cl)cc1. The van der Waals surface area contributed by atoms with Crippen molar-refractivity contribution in [2.75, 3.05) is 17.9 Å². The van der Waals surface area contributed by atoms with Crippen LogP contribution in [0.3, 0.4) is 0 Å². The monoisotopic (exact) mass is 547 g/mol. The van der Waals surface area contributed by atoms with E-state index in [-0.39, 0.29) is 23.0 Å². The van der Waals surface area contributed by atoms with Gasteiger partial charge in [0.05, 0.1) is 10.6 Å². The Hall–Kier alpha value is -3.07. The first-order valence-electron chi connectivity index (χ1n) is 11.3. The van der Waals surface area contributed by atoms with Gasteiger partial charge in [0.15, 0.2) is 0 Å². The molecule has 190 valence electrons. The van der Waals surface area contributed by atoms with E-state index in [1.54, 1.807) is 25.1 Å². The maximum absolute atomic E-state index is 13.8. The van der Waals surface area contributed by atoms with E-state index in [9.17, 15) is 18.0 Å². The Morgan fingerprint density at radius 2 is 1.58 bits per heavy atom. The third-order valence-corrected chi connectivity index (χ3v) is 7.88. The summed E-state index contributed by atoms with van der Waals surface area (Å²) in [6.45, 7) is 1.39. The zero-order chi connectivity index (χ0) is 26.3. The summed E-state index contributed by atoms with van der Waals surface area (Å²) < 4.78 is 28.4. The second-order valence-electron chi connectivity index (χ2n) is 7.99. The van der Waals surface area contributed by atoms with Crippen molar-refractivity contribution in [3.05, 3.63) is 94.5 Å². The van der Waals surface area contributed by atoms with E-state index in [4.69, 9.17) is 23.2 Å². The van der Waals surface area contributed by atoms with Crippen molar-refractivity contribution in [3.63, 3.8) is 0 Å². The molecule has 0 aliphatic rings. The van der Waals surface area contributed by atoms with Gasteiger partial charge in [-0.05, 0) is 54.4 Å². The number of likely N-dealkylation sites (N-methyl/N-ethyl adjacent to an activating group) is 1. The predicted molar refractivity (Wildman–Crippen MR) is 143 cm³/mol. The van der Waals surface area contributed by atoms with Gasteiger partial charge in [-0.15, -0.1) is 0 Å². The van der Waals surface area contributed by atoms with E-state index in [2.05, 4.69) is 5.32 Å². The zero-order valence-electron chi connectivity index (χ0n) is 19.9. The van der Waals surface area contributed by atoms with Gasteiger partial charge in [-0.3, -0.25) is 13.9 Å². The third kappa shape index (κ3) is 6.57. The molecule has 1 atom stereocenters. The number of rotatable bonds is 10. The summed E-state index contributed by atoms with van der Waals surface area (Å²) in [5, 5.41) is 3.29. The van der Waals surface area contributed by atoms with Crippen molar-refractivity contribution >= 4 is 50.7 Å². The molecule has 0 radical (unpaired) electrons. The van der Waals surface area contributed by atoms with Crippen LogP contribution in [0.1, 0.15) is 18.9 Å². The fourth-order valence-electron chi connectivity index (χ4n) is 3.76. The van der Waals surface area contributed by atoms with E-state index >= 15 is 0 Å². The van der Waals surface area contributed by atoms with Gasteiger partial charge in [0.2, 0.25) is 11.8 Å². The lowest BCUT2D eigenvalue weighted by atomic mass is 10.1. The summed E-state index contributed by atoms with van der Waals surface area (Å²) >= 11 is 12.1. The van der Waals surface area contributed by atoms with Gasteiger partial charge in [0, 0.05) is 23.6 Å². The molecule has 0 aliphatic heterocycles. The van der Waals surface area contributed by atoms with Gasteiger partial charge in [0.1, 0.15) is 12.6 Å². The van der Waals surface area contributed by atoms with Crippen LogP contribution >= 0.6 is 23.2 Å². The first-order chi connectivity index (χ1) is 17.2. The highest BCUT2D eigenvalue weighted by atomic mass is 35.5. The summed E-state index contributed by atoms with van der Waals surface area (Å²) in [4.78, 5) is 27.8. The largest absolute Gasteiger partial charge is 0.357 e. The molecule has 3 aromatic carbocycles. The molecular weight excluding hydrogens is 521 g/mol. The van der Waals surface area contributed by atoms with E-state index in [0.717, 1.165) is 9.87 Å². The number of hydrogen-bond donors (Lipinski definition) is 1. The van der Waals surface area contributed by atoms with Crippen molar-refractivity contribution in [2.24, 2.45) is 0 Å². The van der Waals surface area contributed by atoms with Crippen molar-refractivity contribution in [1.29, 1.82) is 0 Å². The Labute approximate surface area is 221 Å². The number of halogens is 2. The van der Waals surface area contributed by atoms with Crippen LogP contribution in [0.25, 0.3) is 0 Å². The second kappa shape index (κ2) is 12.3. The number of carbonyl (C=O) groups excluding carboxylic acids is 2. The molecule has 0 aliphatic carbocycles. The summed E-state index contributed by atoms with van der Waals surface area (Å²) in [6, 6.07) is 20.4. The number of anilines is 1. The Bertz CT molecular complexity index is 1300. The summed E-state index contributed by atoms with van der Waals surface area (Å²) in [5.41, 5.74) is 1.03. The van der Waals surface area contributed by atoms with Gasteiger partial charge in [-0.1, -0.05) is 66.5 Å². The minimum atomic E-state index is -4.18. The van der Waals surface area contributed by atoms with Crippen molar-refractivity contribution in [1.82, 2.24) is 10.2 Å². The number of amides is 2. The molecule has 2 amide bonds. The van der Waals surface area contributed by atoms with Crippen molar-refractivity contribution in [3.8, 4) is 0 Å². The van der Waals surface area contributed by atoms with Gasteiger partial charge in [0.25, 0.3) is 10.0 Å². The minimum absolute atomic E-state index is 0.0346. The minimum Gasteiger partial charge on any atom is -0.357 e. The predicted octanol–water partition coefficient (Wildman–Crippen LogP) is 4.74. The molecule has 10 heteroatoms. The summed E-state index contributed by atoms with van der Waals surface area (Å²) in [7, 11) is -2.68. The number of carbonyl (C=O) groups is 2.